The molecule has 0 bridgehead atoms. The molecule has 0 spiro atoms. The average Bonchev–Trinajstić information content (AvgIpc) is 2.83. The average molecular weight is 284 g/mol. The van der Waals surface area contributed by atoms with Crippen LogP contribution in [-0.2, 0) is 6.42 Å². The molecule has 1 aliphatic carbocycles. The van der Waals surface area contributed by atoms with Gasteiger partial charge in [-0.3, -0.25) is 10.1 Å². The molecule has 6 nitrogen and oxygen atoms in total. The molecule has 1 atom stereocenters. The Morgan fingerprint density at radius 3 is 2.95 bits per heavy atom. The van der Waals surface area contributed by atoms with Crippen LogP contribution in [0.3, 0.4) is 0 Å². The minimum absolute atomic E-state index is 0.0117. The van der Waals surface area contributed by atoms with Gasteiger partial charge in [-0.25, -0.2) is 4.98 Å². The van der Waals surface area contributed by atoms with E-state index in [-0.39, 0.29) is 11.7 Å². The molecule has 21 heavy (non-hydrogen) atoms. The van der Waals surface area contributed by atoms with Crippen molar-refractivity contribution in [3.63, 3.8) is 0 Å². The van der Waals surface area contributed by atoms with E-state index in [0.29, 0.717) is 5.82 Å². The lowest BCUT2D eigenvalue weighted by molar-refractivity contribution is -0.385. The number of pyridine rings is 1. The number of hydrogen-bond acceptors (Lipinski definition) is 5. The van der Waals surface area contributed by atoms with E-state index in [1.54, 1.807) is 0 Å². The number of nitrogens with two attached hydrogens (primary N) is 1. The smallest absolute Gasteiger partial charge is 0.287 e. The van der Waals surface area contributed by atoms with Gasteiger partial charge in [-0.05, 0) is 48.6 Å². The minimum atomic E-state index is -0.433. The molecule has 1 unspecified atom stereocenters. The summed E-state index contributed by atoms with van der Waals surface area (Å²) in [6.07, 6.45) is 3.23. The molecule has 0 radical (unpaired) electrons. The number of nitro groups is 1. The van der Waals surface area contributed by atoms with Crippen molar-refractivity contribution in [3.05, 3.63) is 57.3 Å². The van der Waals surface area contributed by atoms with Crippen molar-refractivity contribution in [2.75, 3.05) is 11.1 Å². The lowest BCUT2D eigenvalue weighted by atomic mass is 10.1. The van der Waals surface area contributed by atoms with Crippen LogP contribution in [0.15, 0.2) is 30.5 Å². The van der Waals surface area contributed by atoms with Gasteiger partial charge in [-0.2, -0.15) is 0 Å². The van der Waals surface area contributed by atoms with Crippen LogP contribution in [0.25, 0.3) is 0 Å². The molecule has 3 N–H and O–H groups in total. The number of aromatic nitrogens is 1. The third-order valence-corrected chi connectivity index (χ3v) is 3.83. The molecular formula is C15H16N4O2. The second-order valence-corrected chi connectivity index (χ2v) is 5.31. The number of rotatable bonds is 3. The maximum absolute atomic E-state index is 10.7. The highest BCUT2D eigenvalue weighted by molar-refractivity contribution is 5.53. The Kier molecular flexibility index (Phi) is 3.21. The van der Waals surface area contributed by atoms with E-state index in [1.807, 2.05) is 25.1 Å². The van der Waals surface area contributed by atoms with Crippen LogP contribution in [-0.4, -0.2) is 9.91 Å². The fraction of sp³-hybridized carbons (Fsp3) is 0.267. The molecule has 0 aliphatic heterocycles. The predicted molar refractivity (Wildman–Crippen MR) is 81.2 cm³/mol. The van der Waals surface area contributed by atoms with Crippen LogP contribution >= 0.6 is 0 Å². The Labute approximate surface area is 122 Å². The van der Waals surface area contributed by atoms with E-state index in [2.05, 4.69) is 10.3 Å². The number of hydrogen-bond donors (Lipinski definition) is 2. The van der Waals surface area contributed by atoms with E-state index in [4.69, 9.17) is 5.73 Å². The van der Waals surface area contributed by atoms with Gasteiger partial charge in [0.25, 0.3) is 5.69 Å². The van der Waals surface area contributed by atoms with Gasteiger partial charge in [0, 0.05) is 11.8 Å². The van der Waals surface area contributed by atoms with Gasteiger partial charge in [-0.1, -0.05) is 6.07 Å². The molecule has 3 rings (SSSR count). The predicted octanol–water partition coefficient (Wildman–Crippen LogP) is 2.98. The zero-order valence-electron chi connectivity index (χ0n) is 11.7. The maximum atomic E-state index is 10.7. The van der Waals surface area contributed by atoms with Gasteiger partial charge < -0.3 is 11.1 Å². The number of fused-ring (bicyclic) bond motifs is 1. The SMILES string of the molecule is Cc1cc([N+](=O)[O-])cnc1NC1CCc2cc(N)ccc21. The van der Waals surface area contributed by atoms with Crippen LogP contribution < -0.4 is 11.1 Å². The maximum Gasteiger partial charge on any atom is 0.287 e. The topological polar surface area (TPSA) is 94.1 Å². The summed E-state index contributed by atoms with van der Waals surface area (Å²) < 4.78 is 0. The highest BCUT2D eigenvalue weighted by Crippen LogP contribution is 2.35. The second-order valence-electron chi connectivity index (χ2n) is 5.31. The number of anilines is 2. The van der Waals surface area contributed by atoms with Crippen molar-refractivity contribution in [2.45, 2.75) is 25.8 Å². The van der Waals surface area contributed by atoms with Gasteiger partial charge >= 0.3 is 0 Å². The zero-order valence-corrected chi connectivity index (χ0v) is 11.7. The number of nitrogens with one attached hydrogen (secondary N) is 1. The van der Waals surface area contributed by atoms with Crippen molar-refractivity contribution in [1.82, 2.24) is 4.98 Å². The molecule has 0 saturated carbocycles. The van der Waals surface area contributed by atoms with E-state index in [0.717, 1.165) is 24.1 Å². The normalized spacial score (nSPS) is 16.5. The van der Waals surface area contributed by atoms with Crippen LogP contribution in [0.2, 0.25) is 0 Å². The summed E-state index contributed by atoms with van der Waals surface area (Å²) in [5, 5.41) is 14.1. The largest absolute Gasteiger partial charge is 0.399 e. The first-order valence-electron chi connectivity index (χ1n) is 6.80. The standard InChI is InChI=1S/C15H16N4O2/c1-9-6-12(19(20)21)8-17-15(9)18-14-5-2-10-7-11(16)3-4-13(10)14/h3-4,6-8,14H,2,5,16H2,1H3,(H,17,18). The Bertz CT molecular complexity index is 715. The molecule has 1 heterocycles. The quantitative estimate of drug-likeness (QED) is 0.513. The fourth-order valence-electron chi connectivity index (χ4n) is 2.76. The van der Waals surface area contributed by atoms with Crippen LogP contribution in [0.4, 0.5) is 17.2 Å². The molecule has 108 valence electrons. The highest BCUT2D eigenvalue weighted by Gasteiger charge is 2.23. The lowest BCUT2D eigenvalue weighted by Crippen LogP contribution is -2.10. The van der Waals surface area contributed by atoms with Crippen molar-refractivity contribution >= 4 is 17.2 Å². The minimum Gasteiger partial charge on any atom is -0.399 e. The molecule has 6 heteroatoms. The van der Waals surface area contributed by atoms with Crippen LogP contribution in [0, 0.1) is 17.0 Å². The van der Waals surface area contributed by atoms with Crippen molar-refractivity contribution in [1.29, 1.82) is 0 Å². The number of benzene rings is 1. The van der Waals surface area contributed by atoms with Crippen LogP contribution in [0.5, 0.6) is 0 Å². The van der Waals surface area contributed by atoms with Gasteiger partial charge in [0.05, 0.1) is 11.0 Å². The van der Waals surface area contributed by atoms with E-state index in [9.17, 15) is 10.1 Å². The Hall–Kier alpha value is -2.63. The van der Waals surface area contributed by atoms with Gasteiger partial charge in [0.15, 0.2) is 0 Å². The summed E-state index contributed by atoms with van der Waals surface area (Å²) in [5.41, 5.74) is 9.84. The van der Waals surface area contributed by atoms with E-state index < -0.39 is 4.92 Å². The molecule has 1 aliphatic rings. The highest BCUT2D eigenvalue weighted by atomic mass is 16.6. The molecule has 0 saturated heterocycles. The molecule has 1 aromatic carbocycles. The Morgan fingerprint density at radius 2 is 2.24 bits per heavy atom. The van der Waals surface area contributed by atoms with Crippen LogP contribution in [0.1, 0.15) is 29.2 Å². The van der Waals surface area contributed by atoms with Gasteiger partial charge in [0.2, 0.25) is 0 Å². The summed E-state index contributed by atoms with van der Waals surface area (Å²) in [6, 6.07) is 7.65. The lowest BCUT2D eigenvalue weighted by Gasteiger charge is -2.16. The van der Waals surface area contributed by atoms with E-state index in [1.165, 1.54) is 23.4 Å². The Balaban J connectivity index is 1.84. The molecule has 2 aromatic rings. The van der Waals surface area contributed by atoms with E-state index >= 15 is 0 Å². The third kappa shape index (κ3) is 2.52. The molecule has 1 aromatic heterocycles. The van der Waals surface area contributed by atoms with Crippen molar-refractivity contribution in [2.24, 2.45) is 0 Å². The number of aryl methyl sites for hydroxylation is 2. The molecular weight excluding hydrogens is 268 g/mol. The summed E-state index contributed by atoms with van der Waals surface area (Å²) in [7, 11) is 0. The summed E-state index contributed by atoms with van der Waals surface area (Å²) >= 11 is 0. The summed E-state index contributed by atoms with van der Waals surface area (Å²) in [5.74, 6) is 0.690. The molecule has 0 fully saturated rings. The van der Waals surface area contributed by atoms with Gasteiger partial charge in [0.1, 0.15) is 12.0 Å². The number of nitrogen functional groups attached to an aromatic ring is 1. The first-order valence-corrected chi connectivity index (χ1v) is 6.80. The first-order chi connectivity index (χ1) is 10.0. The van der Waals surface area contributed by atoms with Gasteiger partial charge in [-0.15, -0.1) is 0 Å². The first kappa shape index (κ1) is 13.4. The molecule has 0 amide bonds. The second kappa shape index (κ2) is 5.05. The monoisotopic (exact) mass is 284 g/mol. The Morgan fingerprint density at radius 1 is 1.43 bits per heavy atom. The zero-order chi connectivity index (χ0) is 15.0. The number of nitrogens with zero attached hydrogens (tertiary/aromatic N) is 2. The third-order valence-electron chi connectivity index (χ3n) is 3.83. The fourth-order valence-corrected chi connectivity index (χ4v) is 2.76. The van der Waals surface area contributed by atoms with Crippen molar-refractivity contribution < 1.29 is 4.92 Å². The summed E-state index contributed by atoms with van der Waals surface area (Å²) in [6.45, 7) is 1.82. The van der Waals surface area contributed by atoms with Crippen molar-refractivity contribution in [3.8, 4) is 0 Å². The summed E-state index contributed by atoms with van der Waals surface area (Å²) in [4.78, 5) is 14.5.